The number of nitrogens with zero attached hydrogens (tertiary/aromatic N) is 1. The molecule has 1 atom stereocenters. The molecule has 3 N–H and O–H groups in total. The summed E-state index contributed by atoms with van der Waals surface area (Å²) in [6.45, 7) is 10.4. The third-order valence-corrected chi connectivity index (χ3v) is 3.60. The number of aliphatic imine (C=N–C) groups is 1. The third-order valence-electron chi connectivity index (χ3n) is 1.68. The van der Waals surface area contributed by atoms with Crippen LogP contribution >= 0.6 is 24.0 Å². The summed E-state index contributed by atoms with van der Waals surface area (Å²) in [6.07, 6.45) is 0. The second-order valence-electron chi connectivity index (χ2n) is 4.73. The molecule has 0 heterocycles. The molecule has 0 aliphatic heterocycles. The number of hydrogen-bond donors (Lipinski definition) is 2. The zero-order valence-corrected chi connectivity index (χ0v) is 13.9. The first kappa shape index (κ1) is 18.5. The molecule has 0 aromatic heterocycles. The minimum atomic E-state index is -0.857. The molecule has 98 valence electrons. The van der Waals surface area contributed by atoms with E-state index in [-0.39, 0.29) is 34.8 Å². The Labute approximate surface area is 118 Å². The third kappa shape index (κ3) is 9.38. The SMILES string of the molecule is CC(C)NC(N)=NCCS(=O)C(C)(C)C.I. The molecule has 0 fully saturated rings. The summed E-state index contributed by atoms with van der Waals surface area (Å²) in [5, 5.41) is 2.98. The van der Waals surface area contributed by atoms with E-state index >= 15 is 0 Å². The maximum Gasteiger partial charge on any atom is 0.188 e. The Balaban J connectivity index is 0. The van der Waals surface area contributed by atoms with Crippen molar-refractivity contribution in [2.45, 2.75) is 45.4 Å². The molecular formula is C10H24IN3OS. The minimum absolute atomic E-state index is 0. The largest absolute Gasteiger partial charge is 0.370 e. The molecule has 0 amide bonds. The van der Waals surface area contributed by atoms with Crippen LogP contribution < -0.4 is 11.1 Å². The second kappa shape index (κ2) is 8.27. The standard InChI is InChI=1S/C10H23N3OS.HI/c1-8(2)13-9(11)12-6-7-15(14)10(3,4)5;/h8H,6-7H2,1-5H3,(H3,11,12,13);1H. The van der Waals surface area contributed by atoms with Crippen LogP contribution in [0.5, 0.6) is 0 Å². The van der Waals surface area contributed by atoms with Crippen molar-refractivity contribution in [2.75, 3.05) is 12.3 Å². The Kier molecular flexibility index (Phi) is 9.57. The molecule has 1 unspecified atom stereocenters. The highest BCUT2D eigenvalue weighted by atomic mass is 127. The molecule has 0 saturated carbocycles. The lowest BCUT2D eigenvalue weighted by molar-refractivity contribution is 0.648. The van der Waals surface area contributed by atoms with Gasteiger partial charge < -0.3 is 11.1 Å². The van der Waals surface area contributed by atoms with Crippen LogP contribution in [0.15, 0.2) is 4.99 Å². The van der Waals surface area contributed by atoms with Crippen molar-refractivity contribution in [1.29, 1.82) is 0 Å². The van der Waals surface area contributed by atoms with Crippen LogP contribution in [0.2, 0.25) is 0 Å². The monoisotopic (exact) mass is 361 g/mol. The lowest BCUT2D eigenvalue weighted by Crippen LogP contribution is -2.37. The van der Waals surface area contributed by atoms with Crippen molar-refractivity contribution < 1.29 is 4.21 Å². The van der Waals surface area contributed by atoms with E-state index in [1.807, 2.05) is 34.6 Å². The molecule has 0 aliphatic rings. The lowest BCUT2D eigenvalue weighted by atomic mass is 10.3. The maximum absolute atomic E-state index is 11.6. The fourth-order valence-electron chi connectivity index (χ4n) is 0.897. The van der Waals surface area contributed by atoms with Gasteiger partial charge in [-0.3, -0.25) is 9.20 Å². The summed E-state index contributed by atoms with van der Waals surface area (Å²) >= 11 is 0. The number of halogens is 1. The quantitative estimate of drug-likeness (QED) is 0.453. The number of guanidine groups is 1. The molecule has 0 saturated heterocycles. The van der Waals surface area contributed by atoms with Crippen LogP contribution in [0.25, 0.3) is 0 Å². The van der Waals surface area contributed by atoms with Gasteiger partial charge in [-0.25, -0.2) is 0 Å². The molecule has 4 nitrogen and oxygen atoms in total. The summed E-state index contributed by atoms with van der Waals surface area (Å²) in [6, 6.07) is 0.280. The molecule has 6 heteroatoms. The molecule has 0 aromatic rings. The summed E-state index contributed by atoms with van der Waals surface area (Å²) < 4.78 is 11.5. The predicted octanol–water partition coefficient (Wildman–Crippen LogP) is 1.46. The fourth-order valence-corrected chi connectivity index (χ4v) is 1.77. The minimum Gasteiger partial charge on any atom is -0.370 e. The van der Waals surface area contributed by atoms with Crippen LogP contribution in [0.1, 0.15) is 34.6 Å². The first-order valence-electron chi connectivity index (χ1n) is 5.18. The van der Waals surface area contributed by atoms with Gasteiger partial charge in [0.25, 0.3) is 0 Å². The molecule has 0 aliphatic carbocycles. The number of nitrogens with one attached hydrogen (secondary N) is 1. The Hall–Kier alpha value is 0.150. The average Bonchev–Trinajstić information content (AvgIpc) is 2.00. The first-order chi connectivity index (χ1) is 6.73. The molecule has 0 aromatic carbocycles. The van der Waals surface area contributed by atoms with Gasteiger partial charge in [0.2, 0.25) is 0 Å². The van der Waals surface area contributed by atoms with Crippen molar-refractivity contribution in [3.8, 4) is 0 Å². The van der Waals surface area contributed by atoms with E-state index in [9.17, 15) is 4.21 Å². The molecular weight excluding hydrogens is 337 g/mol. The van der Waals surface area contributed by atoms with Crippen LogP contribution in [0.3, 0.4) is 0 Å². The smallest absolute Gasteiger partial charge is 0.188 e. The van der Waals surface area contributed by atoms with Crippen LogP contribution in [0, 0.1) is 0 Å². The van der Waals surface area contributed by atoms with Gasteiger partial charge in [-0.2, -0.15) is 0 Å². The van der Waals surface area contributed by atoms with E-state index in [2.05, 4.69) is 10.3 Å². The average molecular weight is 361 g/mol. The predicted molar refractivity (Wildman–Crippen MR) is 82.9 cm³/mol. The Morgan fingerprint density at radius 3 is 2.31 bits per heavy atom. The first-order valence-corrected chi connectivity index (χ1v) is 6.50. The Bertz CT molecular complexity index is 249. The van der Waals surface area contributed by atoms with Gasteiger partial charge in [0.15, 0.2) is 5.96 Å². The normalized spacial score (nSPS) is 14.5. The highest BCUT2D eigenvalue weighted by Crippen LogP contribution is 2.10. The van der Waals surface area contributed by atoms with Gasteiger partial charge in [0, 0.05) is 27.3 Å². The van der Waals surface area contributed by atoms with Gasteiger partial charge in [0.05, 0.1) is 6.54 Å². The maximum atomic E-state index is 11.6. The van der Waals surface area contributed by atoms with Gasteiger partial charge in [0.1, 0.15) is 0 Å². The van der Waals surface area contributed by atoms with E-state index in [1.165, 1.54) is 0 Å². The highest BCUT2D eigenvalue weighted by molar-refractivity contribution is 14.0. The summed E-state index contributed by atoms with van der Waals surface area (Å²) in [5.74, 6) is 0.986. The number of rotatable bonds is 4. The van der Waals surface area contributed by atoms with E-state index in [0.29, 0.717) is 18.3 Å². The lowest BCUT2D eigenvalue weighted by Gasteiger charge is -2.16. The molecule has 0 radical (unpaired) electrons. The van der Waals surface area contributed by atoms with Gasteiger partial charge in [-0.1, -0.05) is 0 Å². The Morgan fingerprint density at radius 2 is 1.94 bits per heavy atom. The van der Waals surface area contributed by atoms with E-state index in [4.69, 9.17) is 5.73 Å². The van der Waals surface area contributed by atoms with Crippen molar-refractivity contribution in [3.05, 3.63) is 0 Å². The van der Waals surface area contributed by atoms with Crippen LogP contribution in [-0.4, -0.2) is 33.3 Å². The topological polar surface area (TPSA) is 67.5 Å². The summed E-state index contributed by atoms with van der Waals surface area (Å²) in [7, 11) is -0.857. The zero-order valence-electron chi connectivity index (χ0n) is 10.7. The van der Waals surface area contributed by atoms with Gasteiger partial charge in [-0.15, -0.1) is 24.0 Å². The van der Waals surface area contributed by atoms with E-state index < -0.39 is 10.8 Å². The zero-order chi connectivity index (χ0) is 12.1. The molecule has 16 heavy (non-hydrogen) atoms. The number of nitrogens with two attached hydrogens (primary N) is 1. The van der Waals surface area contributed by atoms with E-state index in [1.54, 1.807) is 0 Å². The van der Waals surface area contributed by atoms with Crippen molar-refractivity contribution in [3.63, 3.8) is 0 Å². The van der Waals surface area contributed by atoms with Crippen molar-refractivity contribution in [1.82, 2.24) is 5.32 Å². The molecule has 0 bridgehead atoms. The molecule has 0 spiro atoms. The van der Waals surface area contributed by atoms with Gasteiger partial charge >= 0.3 is 0 Å². The van der Waals surface area contributed by atoms with Crippen molar-refractivity contribution in [2.24, 2.45) is 10.7 Å². The summed E-state index contributed by atoms with van der Waals surface area (Å²) in [4.78, 5) is 4.11. The van der Waals surface area contributed by atoms with Crippen LogP contribution in [-0.2, 0) is 10.8 Å². The molecule has 0 rings (SSSR count). The Morgan fingerprint density at radius 1 is 1.44 bits per heavy atom. The summed E-state index contributed by atoms with van der Waals surface area (Å²) in [5.41, 5.74) is 5.61. The van der Waals surface area contributed by atoms with Crippen molar-refractivity contribution >= 4 is 40.7 Å². The highest BCUT2D eigenvalue weighted by Gasteiger charge is 2.18. The second-order valence-corrected chi connectivity index (χ2v) is 7.05. The van der Waals surface area contributed by atoms with E-state index in [0.717, 1.165) is 0 Å². The van der Waals surface area contributed by atoms with Crippen LogP contribution in [0.4, 0.5) is 0 Å². The number of hydrogen-bond acceptors (Lipinski definition) is 2. The fraction of sp³-hybridized carbons (Fsp3) is 0.900. The van der Waals surface area contributed by atoms with Gasteiger partial charge in [-0.05, 0) is 34.6 Å².